The molecule has 28 heavy (non-hydrogen) atoms. The average Bonchev–Trinajstić information content (AvgIpc) is 3.09. The summed E-state index contributed by atoms with van der Waals surface area (Å²) in [5.74, 6) is -0.151. The summed E-state index contributed by atoms with van der Waals surface area (Å²) < 4.78 is 1.92. The first-order valence-corrected chi connectivity index (χ1v) is 9.53. The van der Waals surface area contributed by atoms with Gasteiger partial charge in [-0.15, -0.1) is 0 Å². The smallest absolute Gasteiger partial charge is 0.237 e. The van der Waals surface area contributed by atoms with Crippen LogP contribution in [-0.2, 0) is 17.9 Å². The zero-order chi connectivity index (χ0) is 20.1. The summed E-state index contributed by atoms with van der Waals surface area (Å²) in [6.07, 6.45) is 2.00. The van der Waals surface area contributed by atoms with E-state index in [0.29, 0.717) is 13.1 Å². The molecule has 5 nitrogen and oxygen atoms in total. The van der Waals surface area contributed by atoms with Crippen LogP contribution >= 0.6 is 0 Å². The third-order valence-corrected chi connectivity index (χ3v) is 4.74. The summed E-state index contributed by atoms with van der Waals surface area (Å²) in [5, 5.41) is 7.76. The molecule has 1 aromatic heterocycles. The summed E-state index contributed by atoms with van der Waals surface area (Å²) in [7, 11) is 0. The van der Waals surface area contributed by atoms with Gasteiger partial charge in [-0.3, -0.25) is 9.48 Å². The van der Waals surface area contributed by atoms with Crippen LogP contribution < -0.4 is 11.1 Å². The summed E-state index contributed by atoms with van der Waals surface area (Å²) in [4.78, 5) is 12.4. The second-order valence-corrected chi connectivity index (χ2v) is 8.11. The van der Waals surface area contributed by atoms with E-state index in [9.17, 15) is 4.79 Å². The van der Waals surface area contributed by atoms with Crippen molar-refractivity contribution in [1.82, 2.24) is 15.1 Å². The number of nitrogens with two attached hydrogens (primary N) is 1. The maximum absolute atomic E-state index is 12.4. The van der Waals surface area contributed by atoms with Gasteiger partial charge in [-0.25, -0.2) is 0 Å². The Balaban J connectivity index is 1.83. The van der Waals surface area contributed by atoms with E-state index in [1.54, 1.807) is 0 Å². The van der Waals surface area contributed by atoms with Crippen molar-refractivity contribution in [2.45, 2.75) is 39.9 Å². The summed E-state index contributed by atoms with van der Waals surface area (Å²) in [6, 6.07) is 19.6. The summed E-state index contributed by atoms with van der Waals surface area (Å²) in [5.41, 5.74) is 9.84. The molecule has 5 heteroatoms. The fraction of sp³-hybridized carbons (Fsp3) is 0.304. The third-order valence-electron chi connectivity index (χ3n) is 4.74. The average molecular weight is 377 g/mol. The first kappa shape index (κ1) is 19.8. The first-order valence-electron chi connectivity index (χ1n) is 9.53. The molecule has 0 saturated heterocycles. The van der Waals surface area contributed by atoms with Crippen LogP contribution in [0.15, 0.2) is 66.9 Å². The number of nitrogens with zero attached hydrogens (tertiary/aromatic N) is 2. The molecule has 0 radical (unpaired) electrons. The summed E-state index contributed by atoms with van der Waals surface area (Å²) in [6.45, 7) is 6.96. The Labute approximate surface area is 166 Å². The van der Waals surface area contributed by atoms with Gasteiger partial charge in [-0.2, -0.15) is 5.10 Å². The van der Waals surface area contributed by atoms with E-state index < -0.39 is 6.04 Å². The monoisotopic (exact) mass is 376 g/mol. The topological polar surface area (TPSA) is 72.9 Å². The van der Waals surface area contributed by atoms with E-state index in [1.165, 1.54) is 5.56 Å². The number of carbonyl (C=O) groups excluding carboxylic acids is 1. The molecule has 0 unspecified atom stereocenters. The highest BCUT2D eigenvalue weighted by Crippen LogP contribution is 2.23. The van der Waals surface area contributed by atoms with Crippen molar-refractivity contribution in [1.29, 1.82) is 0 Å². The molecule has 3 rings (SSSR count). The number of nitrogens with one attached hydrogen (secondary N) is 1. The normalized spacial score (nSPS) is 12.6. The second-order valence-electron chi connectivity index (χ2n) is 8.11. The highest BCUT2D eigenvalue weighted by molar-refractivity contribution is 5.82. The van der Waals surface area contributed by atoms with Crippen molar-refractivity contribution in [2.75, 3.05) is 0 Å². The van der Waals surface area contributed by atoms with Gasteiger partial charge in [0.1, 0.15) is 0 Å². The Morgan fingerprint density at radius 1 is 1.07 bits per heavy atom. The van der Waals surface area contributed by atoms with Gasteiger partial charge < -0.3 is 11.1 Å². The van der Waals surface area contributed by atoms with E-state index in [1.807, 2.05) is 80.2 Å². The van der Waals surface area contributed by atoms with Gasteiger partial charge in [-0.1, -0.05) is 81.4 Å². The van der Waals surface area contributed by atoms with E-state index in [0.717, 1.165) is 16.8 Å². The van der Waals surface area contributed by atoms with Crippen LogP contribution in [0.4, 0.5) is 0 Å². The van der Waals surface area contributed by atoms with Crippen LogP contribution in [0.3, 0.4) is 0 Å². The fourth-order valence-electron chi connectivity index (χ4n) is 2.97. The van der Waals surface area contributed by atoms with E-state index in [2.05, 4.69) is 17.4 Å². The standard InChI is InChI=1S/C23H28N4O/c1-23(2,3)21(24)22(28)25-14-19-16-27(15-17-10-6-4-7-11-17)26-20(19)18-12-8-5-9-13-18/h4-13,16,21H,14-15,24H2,1-3H3,(H,25,28)/t21-/m1/s1. The number of benzene rings is 2. The lowest BCUT2D eigenvalue weighted by molar-refractivity contribution is -0.124. The minimum Gasteiger partial charge on any atom is -0.351 e. The SMILES string of the molecule is CC(C)(C)[C@H](N)C(=O)NCc1cn(Cc2ccccc2)nc1-c1ccccc1. The Morgan fingerprint density at radius 2 is 1.68 bits per heavy atom. The van der Waals surface area contributed by atoms with E-state index in [4.69, 9.17) is 10.8 Å². The van der Waals surface area contributed by atoms with Crippen LogP contribution in [-0.4, -0.2) is 21.7 Å². The third kappa shape index (κ3) is 4.87. The lowest BCUT2D eigenvalue weighted by Gasteiger charge is -2.25. The van der Waals surface area contributed by atoms with Crippen LogP contribution in [0.1, 0.15) is 31.9 Å². The van der Waals surface area contributed by atoms with Gasteiger partial charge in [0.2, 0.25) is 5.91 Å². The van der Waals surface area contributed by atoms with Crippen LogP contribution in [0.5, 0.6) is 0 Å². The van der Waals surface area contributed by atoms with Crippen molar-refractivity contribution in [2.24, 2.45) is 11.1 Å². The van der Waals surface area contributed by atoms with Gasteiger partial charge in [-0.05, 0) is 11.0 Å². The van der Waals surface area contributed by atoms with Crippen molar-refractivity contribution in [3.63, 3.8) is 0 Å². The van der Waals surface area contributed by atoms with Crippen molar-refractivity contribution >= 4 is 5.91 Å². The molecule has 0 saturated carbocycles. The minimum atomic E-state index is -0.563. The predicted octanol–water partition coefficient (Wildman–Crippen LogP) is 3.59. The molecule has 0 aliphatic rings. The molecule has 146 valence electrons. The number of aromatic nitrogens is 2. The Morgan fingerprint density at radius 3 is 2.29 bits per heavy atom. The molecular formula is C23H28N4O. The zero-order valence-electron chi connectivity index (χ0n) is 16.7. The zero-order valence-corrected chi connectivity index (χ0v) is 16.7. The van der Waals surface area contributed by atoms with Crippen molar-refractivity contribution < 1.29 is 4.79 Å². The quantitative estimate of drug-likeness (QED) is 0.690. The molecule has 0 aliphatic carbocycles. The number of amides is 1. The molecular weight excluding hydrogens is 348 g/mol. The number of hydrogen-bond acceptors (Lipinski definition) is 3. The molecule has 0 bridgehead atoms. The van der Waals surface area contributed by atoms with Gasteiger partial charge in [0.05, 0.1) is 18.3 Å². The largest absolute Gasteiger partial charge is 0.351 e. The van der Waals surface area contributed by atoms with Crippen LogP contribution in [0.25, 0.3) is 11.3 Å². The molecule has 0 aliphatic heterocycles. The van der Waals surface area contributed by atoms with Crippen LogP contribution in [0.2, 0.25) is 0 Å². The molecule has 2 aromatic carbocycles. The molecule has 1 amide bonds. The number of hydrogen-bond donors (Lipinski definition) is 2. The molecule has 3 aromatic rings. The van der Waals surface area contributed by atoms with E-state index in [-0.39, 0.29) is 11.3 Å². The van der Waals surface area contributed by atoms with Gasteiger partial charge in [0.25, 0.3) is 0 Å². The minimum absolute atomic E-state index is 0.151. The lowest BCUT2D eigenvalue weighted by atomic mass is 9.87. The maximum atomic E-state index is 12.4. The molecule has 3 N–H and O–H groups in total. The molecule has 1 atom stereocenters. The van der Waals surface area contributed by atoms with Gasteiger partial charge >= 0.3 is 0 Å². The highest BCUT2D eigenvalue weighted by atomic mass is 16.2. The summed E-state index contributed by atoms with van der Waals surface area (Å²) >= 11 is 0. The maximum Gasteiger partial charge on any atom is 0.237 e. The first-order chi connectivity index (χ1) is 13.3. The molecule has 0 spiro atoms. The second kappa shape index (κ2) is 8.40. The molecule has 0 fully saturated rings. The van der Waals surface area contributed by atoms with Crippen molar-refractivity contribution in [3.05, 3.63) is 78.0 Å². The molecule has 1 heterocycles. The Kier molecular flexibility index (Phi) is 5.95. The van der Waals surface area contributed by atoms with Gasteiger partial charge in [0, 0.05) is 23.9 Å². The number of rotatable bonds is 6. The lowest BCUT2D eigenvalue weighted by Crippen LogP contribution is -2.48. The highest BCUT2D eigenvalue weighted by Gasteiger charge is 2.27. The van der Waals surface area contributed by atoms with Gasteiger partial charge in [0.15, 0.2) is 0 Å². The predicted molar refractivity (Wildman–Crippen MR) is 112 cm³/mol. The van der Waals surface area contributed by atoms with Crippen LogP contribution in [0, 0.1) is 5.41 Å². The van der Waals surface area contributed by atoms with E-state index >= 15 is 0 Å². The number of carbonyl (C=O) groups is 1. The fourth-order valence-corrected chi connectivity index (χ4v) is 2.97. The Bertz CT molecular complexity index is 911. The van der Waals surface area contributed by atoms with Crippen molar-refractivity contribution in [3.8, 4) is 11.3 Å². The Hall–Kier alpha value is -2.92.